The first-order valence-corrected chi connectivity index (χ1v) is 18.2. The van der Waals surface area contributed by atoms with Crippen molar-refractivity contribution in [1.29, 1.82) is 0 Å². The number of fused-ring (bicyclic) bond motifs is 2. The molecule has 2 aliphatic rings. The fourth-order valence-electron chi connectivity index (χ4n) is 5.33. The third kappa shape index (κ3) is 14.0. The molecule has 1 saturated heterocycles. The summed E-state index contributed by atoms with van der Waals surface area (Å²) in [5.41, 5.74) is 2.17. The van der Waals surface area contributed by atoms with Gasteiger partial charge in [-0.1, -0.05) is 42.2 Å². The summed E-state index contributed by atoms with van der Waals surface area (Å²) < 4.78 is 28.6. The molecule has 14 heteroatoms. The monoisotopic (exact) mass is 749 g/mol. The second-order valence-electron chi connectivity index (χ2n) is 14.0. The number of hydrogen-bond acceptors (Lipinski definition) is 11. The zero-order valence-corrected chi connectivity index (χ0v) is 31.6. The number of carbonyl (C=O) groups excluding carboxylic acids is 5. The van der Waals surface area contributed by atoms with E-state index in [0.717, 1.165) is 22.4 Å². The van der Waals surface area contributed by atoms with Gasteiger partial charge >= 0.3 is 5.97 Å². The van der Waals surface area contributed by atoms with Crippen LogP contribution in [0.2, 0.25) is 0 Å². The van der Waals surface area contributed by atoms with Gasteiger partial charge in [0, 0.05) is 43.4 Å². The Morgan fingerprint density at radius 1 is 0.704 bits per heavy atom. The second-order valence-corrected chi connectivity index (χ2v) is 14.0. The minimum atomic E-state index is -0.717. The second kappa shape index (κ2) is 20.7. The lowest BCUT2D eigenvalue weighted by Gasteiger charge is -2.32. The van der Waals surface area contributed by atoms with Crippen LogP contribution in [0.1, 0.15) is 76.5 Å². The van der Waals surface area contributed by atoms with Crippen molar-refractivity contribution in [2.24, 2.45) is 0 Å². The van der Waals surface area contributed by atoms with Crippen molar-refractivity contribution >= 4 is 35.3 Å². The van der Waals surface area contributed by atoms with Gasteiger partial charge < -0.3 is 38.7 Å². The molecule has 292 valence electrons. The maximum atomic E-state index is 13.4. The first-order chi connectivity index (χ1) is 25.8. The van der Waals surface area contributed by atoms with Gasteiger partial charge in [-0.25, -0.2) is 4.79 Å². The number of rotatable bonds is 22. The molecule has 0 saturated carbocycles. The molecule has 0 aromatic heterocycles. The summed E-state index contributed by atoms with van der Waals surface area (Å²) in [4.78, 5) is 67.1. The SMILES string of the molecule is CC(C)(COCCC(=O)NCCC(=O)N1Cc2ccccc2C#Cc2ccccc21)OCC(C)(C)OCCOCCOCCC(=O)ON1C(=O)CCC1=O. The summed E-state index contributed by atoms with van der Waals surface area (Å²) in [6.45, 7) is 10.2. The van der Waals surface area contributed by atoms with Crippen LogP contribution >= 0.6 is 0 Å². The van der Waals surface area contributed by atoms with Crippen LogP contribution in [0.15, 0.2) is 48.5 Å². The minimum Gasteiger partial charge on any atom is -0.378 e. The first kappa shape index (κ1) is 42.1. The minimum absolute atomic E-state index is 0.0440. The van der Waals surface area contributed by atoms with Gasteiger partial charge in [0.05, 0.1) is 82.7 Å². The predicted octanol–water partition coefficient (Wildman–Crippen LogP) is 3.47. The highest BCUT2D eigenvalue weighted by molar-refractivity contribution is 6.01. The smallest absolute Gasteiger partial charge is 0.335 e. The zero-order chi connectivity index (χ0) is 39.0. The Bertz CT molecular complexity index is 1660. The van der Waals surface area contributed by atoms with Crippen molar-refractivity contribution in [3.63, 3.8) is 0 Å². The van der Waals surface area contributed by atoms with Crippen LogP contribution in [0.3, 0.4) is 0 Å². The molecule has 1 fully saturated rings. The van der Waals surface area contributed by atoms with Crippen LogP contribution in [0, 0.1) is 11.8 Å². The molecule has 4 rings (SSSR count). The summed E-state index contributed by atoms with van der Waals surface area (Å²) >= 11 is 0. The van der Waals surface area contributed by atoms with E-state index in [1.165, 1.54) is 0 Å². The highest BCUT2D eigenvalue weighted by Crippen LogP contribution is 2.26. The van der Waals surface area contributed by atoms with Crippen molar-refractivity contribution in [2.45, 2.75) is 77.5 Å². The number of nitrogens with one attached hydrogen (secondary N) is 1. The molecule has 2 aromatic carbocycles. The summed E-state index contributed by atoms with van der Waals surface area (Å²) in [5.74, 6) is 4.34. The molecule has 2 heterocycles. The van der Waals surface area contributed by atoms with Crippen molar-refractivity contribution in [2.75, 3.05) is 64.3 Å². The fourth-order valence-corrected chi connectivity index (χ4v) is 5.33. The molecule has 2 aliphatic heterocycles. The van der Waals surface area contributed by atoms with E-state index in [9.17, 15) is 24.0 Å². The highest BCUT2D eigenvalue weighted by atomic mass is 16.7. The van der Waals surface area contributed by atoms with Gasteiger partial charge in [-0.05, 0) is 51.5 Å². The Labute approximate surface area is 316 Å². The molecule has 0 atom stereocenters. The van der Waals surface area contributed by atoms with E-state index in [2.05, 4.69) is 17.2 Å². The summed E-state index contributed by atoms with van der Waals surface area (Å²) in [5, 5.41) is 3.34. The number of benzene rings is 2. The number of nitrogens with zero attached hydrogens (tertiary/aromatic N) is 2. The highest BCUT2D eigenvalue weighted by Gasteiger charge is 2.32. The van der Waals surface area contributed by atoms with E-state index in [1.807, 2.05) is 76.2 Å². The van der Waals surface area contributed by atoms with E-state index in [1.54, 1.807) is 4.90 Å². The largest absolute Gasteiger partial charge is 0.378 e. The van der Waals surface area contributed by atoms with Crippen LogP contribution in [-0.4, -0.2) is 105 Å². The summed E-state index contributed by atoms with van der Waals surface area (Å²) in [7, 11) is 0. The lowest BCUT2D eigenvalue weighted by Crippen LogP contribution is -2.40. The molecule has 0 bridgehead atoms. The Balaban J connectivity index is 1.02. The van der Waals surface area contributed by atoms with Crippen LogP contribution in [0.4, 0.5) is 5.69 Å². The lowest BCUT2D eigenvalue weighted by molar-refractivity contribution is -0.198. The molecule has 0 spiro atoms. The van der Waals surface area contributed by atoms with Crippen LogP contribution in [0.5, 0.6) is 0 Å². The van der Waals surface area contributed by atoms with Gasteiger partial charge in [-0.3, -0.25) is 19.2 Å². The third-order valence-electron chi connectivity index (χ3n) is 8.31. The summed E-state index contributed by atoms with van der Waals surface area (Å²) in [6.07, 6.45) is 0.280. The maximum absolute atomic E-state index is 13.4. The zero-order valence-electron chi connectivity index (χ0n) is 31.6. The molecule has 0 radical (unpaired) electrons. The van der Waals surface area contributed by atoms with Crippen LogP contribution in [0.25, 0.3) is 0 Å². The number of hydrogen-bond donors (Lipinski definition) is 1. The maximum Gasteiger partial charge on any atom is 0.335 e. The van der Waals surface area contributed by atoms with Gasteiger partial charge in [0.25, 0.3) is 11.8 Å². The third-order valence-corrected chi connectivity index (χ3v) is 8.31. The summed E-state index contributed by atoms with van der Waals surface area (Å²) in [6, 6.07) is 15.4. The van der Waals surface area contributed by atoms with Crippen molar-refractivity contribution < 1.29 is 52.5 Å². The quantitative estimate of drug-likeness (QED) is 0.107. The number of ether oxygens (including phenoxy) is 5. The standard InChI is InChI=1S/C40H51N3O11/c1-39(2,53-29-40(3,4)52-26-25-50-24-23-49-22-19-38(48)54-43-36(46)15-16-37(43)47)28-51-21-18-34(44)41-20-17-35(45)42-27-32-11-6-5-9-30(32)13-14-31-10-7-8-12-33(31)42/h5-12H,15-29H2,1-4H3,(H,41,44). The van der Waals surface area contributed by atoms with Gasteiger partial charge in [0.1, 0.15) is 0 Å². The van der Waals surface area contributed by atoms with Crippen molar-refractivity contribution in [3.8, 4) is 11.8 Å². The van der Waals surface area contributed by atoms with Gasteiger partial charge in [0.2, 0.25) is 11.8 Å². The molecule has 0 unspecified atom stereocenters. The Kier molecular flexibility index (Phi) is 16.1. The Morgan fingerprint density at radius 3 is 2.07 bits per heavy atom. The molecule has 4 amide bonds. The number of hydroxylamine groups is 2. The van der Waals surface area contributed by atoms with E-state index in [-0.39, 0.29) is 83.5 Å². The fraction of sp³-hybridized carbons (Fsp3) is 0.525. The van der Waals surface area contributed by atoms with Crippen molar-refractivity contribution in [3.05, 3.63) is 65.2 Å². The van der Waals surface area contributed by atoms with Crippen LogP contribution < -0.4 is 10.2 Å². The first-order valence-electron chi connectivity index (χ1n) is 18.2. The number of amides is 4. The van der Waals surface area contributed by atoms with Gasteiger partial charge in [-0.15, -0.1) is 5.06 Å². The number of imide groups is 1. The molecule has 54 heavy (non-hydrogen) atoms. The van der Waals surface area contributed by atoms with E-state index < -0.39 is 29.0 Å². The Hall–Kier alpha value is -4.65. The average molecular weight is 750 g/mol. The number of carbonyl (C=O) groups is 5. The predicted molar refractivity (Wildman–Crippen MR) is 197 cm³/mol. The number of para-hydroxylation sites is 1. The molecule has 1 N–H and O–H groups in total. The molecular weight excluding hydrogens is 698 g/mol. The average Bonchev–Trinajstić information content (AvgIpc) is 3.45. The van der Waals surface area contributed by atoms with Crippen LogP contribution in [-0.2, 0) is 59.0 Å². The van der Waals surface area contributed by atoms with Crippen molar-refractivity contribution in [1.82, 2.24) is 10.4 Å². The Morgan fingerprint density at radius 2 is 1.31 bits per heavy atom. The topological polar surface area (TPSA) is 159 Å². The van der Waals surface area contributed by atoms with Gasteiger partial charge in [-0.2, -0.15) is 0 Å². The number of anilines is 1. The van der Waals surface area contributed by atoms with Gasteiger partial charge in [0.15, 0.2) is 0 Å². The molecular formula is C40H51N3O11. The lowest BCUT2D eigenvalue weighted by atomic mass is 10.0. The van der Waals surface area contributed by atoms with E-state index >= 15 is 0 Å². The normalized spacial score (nSPS) is 14.1. The molecule has 0 aliphatic carbocycles. The van der Waals surface area contributed by atoms with E-state index in [4.69, 9.17) is 28.5 Å². The molecule has 2 aromatic rings. The molecule has 14 nitrogen and oxygen atoms in total. The van der Waals surface area contributed by atoms with E-state index in [0.29, 0.717) is 31.4 Å².